The predicted octanol–water partition coefficient (Wildman–Crippen LogP) is 1.29. The smallest absolute Gasteiger partial charge is 0.143 e. The summed E-state index contributed by atoms with van der Waals surface area (Å²) in [7, 11) is 0. The second-order valence-corrected chi connectivity index (χ2v) is 4.89. The molecule has 1 aliphatic rings. The molecule has 1 aromatic heterocycles. The summed E-state index contributed by atoms with van der Waals surface area (Å²) in [5, 5.41) is 7.63. The monoisotopic (exact) mass is 261 g/mol. The van der Waals surface area contributed by atoms with Crippen molar-refractivity contribution in [3.05, 3.63) is 24.0 Å². The average molecular weight is 261 g/mol. The van der Waals surface area contributed by atoms with E-state index in [0.717, 1.165) is 38.3 Å². The molecule has 1 unspecified atom stereocenters. The Hall–Kier alpha value is -1.62. The number of nitrogens with two attached hydrogens (primary N) is 1. The summed E-state index contributed by atoms with van der Waals surface area (Å²) in [6.45, 7) is 8.58. The van der Waals surface area contributed by atoms with Crippen molar-refractivity contribution in [1.82, 2.24) is 9.88 Å². The fourth-order valence-electron chi connectivity index (χ4n) is 2.86. The molecule has 19 heavy (non-hydrogen) atoms. The van der Waals surface area contributed by atoms with Gasteiger partial charge in [0.05, 0.1) is 5.69 Å². The van der Waals surface area contributed by atoms with Crippen LogP contribution < -0.4 is 10.6 Å². The van der Waals surface area contributed by atoms with Crippen molar-refractivity contribution >= 4 is 11.5 Å². The maximum atomic E-state index is 7.63. The molecule has 0 radical (unpaired) electrons. The Morgan fingerprint density at radius 3 is 2.89 bits per heavy atom. The highest BCUT2D eigenvalue weighted by Gasteiger charge is 2.27. The maximum Gasteiger partial charge on any atom is 0.143 e. The number of anilines is 1. The quantitative estimate of drug-likeness (QED) is 0.619. The zero-order chi connectivity index (χ0) is 13.8. The topological polar surface area (TPSA) is 69.2 Å². The Bertz CT molecular complexity index is 441. The van der Waals surface area contributed by atoms with Crippen molar-refractivity contribution in [3.8, 4) is 0 Å². The van der Waals surface area contributed by atoms with Gasteiger partial charge in [-0.1, -0.05) is 13.8 Å². The van der Waals surface area contributed by atoms with Crippen LogP contribution in [0.3, 0.4) is 0 Å². The van der Waals surface area contributed by atoms with Crippen molar-refractivity contribution < 1.29 is 0 Å². The molecule has 0 bridgehead atoms. The van der Waals surface area contributed by atoms with E-state index in [2.05, 4.69) is 28.6 Å². The number of hydrogen-bond acceptors (Lipinski definition) is 4. The molecule has 1 aliphatic heterocycles. The highest BCUT2D eigenvalue weighted by atomic mass is 15.3. The Kier molecular flexibility index (Phi) is 4.37. The minimum Gasteiger partial charge on any atom is -0.382 e. The van der Waals surface area contributed by atoms with Crippen LogP contribution in [0.4, 0.5) is 5.69 Å². The molecule has 5 nitrogen and oxygen atoms in total. The van der Waals surface area contributed by atoms with Crippen LogP contribution in [0.2, 0.25) is 0 Å². The van der Waals surface area contributed by atoms with Gasteiger partial charge < -0.3 is 10.6 Å². The SMILES string of the molecule is CCN(CC)C1CCN(c2cccnc2C(=N)N)C1. The third kappa shape index (κ3) is 2.87. The van der Waals surface area contributed by atoms with Crippen LogP contribution >= 0.6 is 0 Å². The Morgan fingerprint density at radius 2 is 2.26 bits per heavy atom. The van der Waals surface area contributed by atoms with Crippen molar-refractivity contribution in [2.45, 2.75) is 26.3 Å². The van der Waals surface area contributed by atoms with Gasteiger partial charge in [0.15, 0.2) is 0 Å². The van der Waals surface area contributed by atoms with Crippen LogP contribution in [0.1, 0.15) is 26.0 Å². The summed E-state index contributed by atoms with van der Waals surface area (Å²) in [5.74, 6) is 0.0434. The molecule has 1 atom stereocenters. The first kappa shape index (κ1) is 13.8. The summed E-state index contributed by atoms with van der Waals surface area (Å²) >= 11 is 0. The first-order valence-electron chi connectivity index (χ1n) is 6.95. The van der Waals surface area contributed by atoms with Crippen LogP contribution in [0.25, 0.3) is 0 Å². The number of nitrogen functional groups attached to an aromatic ring is 1. The zero-order valence-corrected chi connectivity index (χ0v) is 11.8. The lowest BCUT2D eigenvalue weighted by Gasteiger charge is -2.27. The molecule has 1 fully saturated rings. The van der Waals surface area contributed by atoms with Crippen LogP contribution in [0.15, 0.2) is 18.3 Å². The number of rotatable bonds is 5. The van der Waals surface area contributed by atoms with E-state index in [1.807, 2.05) is 12.1 Å². The molecule has 0 amide bonds. The summed E-state index contributed by atoms with van der Waals surface area (Å²) in [6.07, 6.45) is 2.85. The summed E-state index contributed by atoms with van der Waals surface area (Å²) in [4.78, 5) is 9.02. The number of likely N-dealkylation sites (N-methyl/N-ethyl adjacent to an activating group) is 1. The fourth-order valence-corrected chi connectivity index (χ4v) is 2.86. The van der Waals surface area contributed by atoms with Gasteiger partial charge >= 0.3 is 0 Å². The van der Waals surface area contributed by atoms with Crippen molar-refractivity contribution in [2.24, 2.45) is 5.73 Å². The van der Waals surface area contributed by atoms with Crippen molar-refractivity contribution in [1.29, 1.82) is 5.41 Å². The Balaban J connectivity index is 2.15. The minimum atomic E-state index is 0.0434. The third-order valence-electron chi connectivity index (χ3n) is 3.87. The summed E-state index contributed by atoms with van der Waals surface area (Å²) in [5.41, 5.74) is 7.20. The molecule has 2 heterocycles. The van der Waals surface area contributed by atoms with E-state index >= 15 is 0 Å². The van der Waals surface area contributed by atoms with E-state index in [0.29, 0.717) is 11.7 Å². The normalized spacial score (nSPS) is 19.1. The second kappa shape index (κ2) is 6.02. The van der Waals surface area contributed by atoms with E-state index in [1.54, 1.807) is 6.20 Å². The lowest BCUT2D eigenvalue weighted by Crippen LogP contribution is -2.37. The van der Waals surface area contributed by atoms with Gasteiger partial charge in [-0.2, -0.15) is 0 Å². The van der Waals surface area contributed by atoms with E-state index in [1.165, 1.54) is 0 Å². The van der Waals surface area contributed by atoms with Gasteiger partial charge in [-0.25, -0.2) is 0 Å². The summed E-state index contributed by atoms with van der Waals surface area (Å²) in [6, 6.07) is 4.51. The van der Waals surface area contributed by atoms with Gasteiger partial charge in [0.25, 0.3) is 0 Å². The van der Waals surface area contributed by atoms with Crippen LogP contribution in [-0.2, 0) is 0 Å². The van der Waals surface area contributed by atoms with E-state index in [4.69, 9.17) is 11.1 Å². The molecular formula is C14H23N5. The van der Waals surface area contributed by atoms with Crippen molar-refractivity contribution in [3.63, 3.8) is 0 Å². The molecule has 2 rings (SSSR count). The Labute approximate surface area is 114 Å². The molecule has 0 saturated carbocycles. The molecule has 1 saturated heterocycles. The first-order chi connectivity index (χ1) is 9.17. The fraction of sp³-hybridized carbons (Fsp3) is 0.571. The number of aromatic nitrogens is 1. The second-order valence-electron chi connectivity index (χ2n) is 4.89. The van der Waals surface area contributed by atoms with Crippen LogP contribution in [-0.4, -0.2) is 47.9 Å². The molecule has 5 heteroatoms. The highest BCUT2D eigenvalue weighted by molar-refractivity contribution is 5.98. The molecule has 104 valence electrons. The van der Waals surface area contributed by atoms with Gasteiger partial charge in [-0.3, -0.25) is 15.3 Å². The number of nitrogens with one attached hydrogen (secondary N) is 1. The van der Waals surface area contributed by atoms with Crippen molar-refractivity contribution in [2.75, 3.05) is 31.1 Å². The number of pyridine rings is 1. The number of hydrogen-bond donors (Lipinski definition) is 2. The number of nitrogens with zero attached hydrogens (tertiary/aromatic N) is 3. The molecular weight excluding hydrogens is 238 g/mol. The highest BCUT2D eigenvalue weighted by Crippen LogP contribution is 2.25. The first-order valence-corrected chi connectivity index (χ1v) is 6.95. The predicted molar refractivity (Wildman–Crippen MR) is 78.8 cm³/mol. The Morgan fingerprint density at radius 1 is 1.53 bits per heavy atom. The van der Waals surface area contributed by atoms with E-state index in [9.17, 15) is 0 Å². The zero-order valence-electron chi connectivity index (χ0n) is 11.8. The molecule has 3 N–H and O–H groups in total. The maximum absolute atomic E-state index is 7.63. The van der Waals surface area contributed by atoms with Gasteiger partial charge in [0.2, 0.25) is 0 Å². The number of amidine groups is 1. The summed E-state index contributed by atoms with van der Waals surface area (Å²) < 4.78 is 0. The van der Waals surface area contributed by atoms with Gasteiger partial charge in [-0.05, 0) is 31.6 Å². The van der Waals surface area contributed by atoms with E-state index < -0.39 is 0 Å². The van der Waals surface area contributed by atoms with Gasteiger partial charge in [0.1, 0.15) is 11.5 Å². The molecule has 0 aliphatic carbocycles. The van der Waals surface area contributed by atoms with Gasteiger partial charge in [0, 0.05) is 25.3 Å². The largest absolute Gasteiger partial charge is 0.382 e. The van der Waals surface area contributed by atoms with Crippen LogP contribution in [0, 0.1) is 5.41 Å². The standard InChI is InChI=1S/C14H23N5/c1-3-18(4-2)11-7-9-19(10-11)12-6-5-8-17-13(12)14(15)16/h5-6,8,11H,3-4,7,9-10H2,1-2H3,(H3,15,16). The third-order valence-corrected chi connectivity index (χ3v) is 3.87. The average Bonchev–Trinajstić information content (AvgIpc) is 2.89. The molecule has 0 spiro atoms. The molecule has 1 aromatic rings. The minimum absolute atomic E-state index is 0.0434. The lowest BCUT2D eigenvalue weighted by atomic mass is 10.2. The van der Waals surface area contributed by atoms with E-state index in [-0.39, 0.29) is 5.84 Å². The van der Waals surface area contributed by atoms with Crippen LogP contribution in [0.5, 0.6) is 0 Å². The lowest BCUT2D eigenvalue weighted by molar-refractivity contribution is 0.232. The van der Waals surface area contributed by atoms with Gasteiger partial charge in [-0.15, -0.1) is 0 Å². The molecule has 0 aromatic carbocycles.